The number of hydrazine groups is 1. The summed E-state index contributed by atoms with van der Waals surface area (Å²) in [6.45, 7) is 9.28. The van der Waals surface area contributed by atoms with Crippen LogP contribution in [0.4, 0.5) is 5.69 Å². The van der Waals surface area contributed by atoms with E-state index in [2.05, 4.69) is 20.6 Å². The summed E-state index contributed by atoms with van der Waals surface area (Å²) in [6, 6.07) is 11.1. The Hall–Kier alpha value is -3.60. The van der Waals surface area contributed by atoms with Gasteiger partial charge in [0.05, 0.1) is 37.6 Å². The molecule has 0 aliphatic carbocycles. The maximum absolute atomic E-state index is 12.9. The number of carbonyl (C=O) groups is 1. The lowest BCUT2D eigenvalue weighted by atomic mass is 9.95. The summed E-state index contributed by atoms with van der Waals surface area (Å²) in [5.74, 6) is 2.65. The summed E-state index contributed by atoms with van der Waals surface area (Å²) in [5, 5.41) is 16.5. The Bertz CT molecular complexity index is 1350. The van der Waals surface area contributed by atoms with Gasteiger partial charge in [-0.05, 0) is 88.9 Å². The van der Waals surface area contributed by atoms with Gasteiger partial charge in [0.1, 0.15) is 5.75 Å². The Balaban J connectivity index is 1.23. The molecule has 1 amide bonds. The largest absolute Gasteiger partial charge is 0.493 e. The second-order valence-electron chi connectivity index (χ2n) is 11.6. The first-order valence-electron chi connectivity index (χ1n) is 15.5. The molecule has 2 saturated heterocycles. The van der Waals surface area contributed by atoms with Gasteiger partial charge < -0.3 is 29.5 Å². The Morgan fingerprint density at radius 3 is 2.60 bits per heavy atom. The number of aromatic nitrogens is 1. The number of rotatable bonds is 12. The fourth-order valence-corrected chi connectivity index (χ4v) is 5.92. The van der Waals surface area contributed by atoms with E-state index in [0.29, 0.717) is 49.8 Å². The van der Waals surface area contributed by atoms with Gasteiger partial charge in [-0.25, -0.2) is 5.01 Å². The fourth-order valence-electron chi connectivity index (χ4n) is 5.92. The summed E-state index contributed by atoms with van der Waals surface area (Å²) in [4.78, 5) is 19.8. The van der Waals surface area contributed by atoms with Crippen LogP contribution in [0.3, 0.4) is 0 Å². The number of hydrogen-bond donors (Lipinski definition) is 3. The second kappa shape index (κ2) is 14.7. The van der Waals surface area contributed by atoms with E-state index in [-0.39, 0.29) is 18.6 Å². The van der Waals surface area contributed by atoms with E-state index in [9.17, 15) is 9.90 Å². The van der Waals surface area contributed by atoms with E-state index >= 15 is 0 Å². The minimum Gasteiger partial charge on any atom is -0.493 e. The Morgan fingerprint density at radius 2 is 1.93 bits per heavy atom. The average Bonchev–Trinajstić information content (AvgIpc) is 3.03. The van der Waals surface area contributed by atoms with E-state index in [1.54, 1.807) is 25.4 Å². The van der Waals surface area contributed by atoms with Gasteiger partial charge in [0.15, 0.2) is 11.5 Å². The smallest absolute Gasteiger partial charge is 0.265 e. The summed E-state index contributed by atoms with van der Waals surface area (Å²) in [7, 11) is 1.65. The lowest BCUT2D eigenvalue weighted by molar-refractivity contribution is 0.0777. The molecule has 3 heterocycles. The van der Waals surface area contributed by atoms with Crippen molar-refractivity contribution >= 4 is 22.5 Å². The van der Waals surface area contributed by atoms with Crippen LogP contribution in [-0.2, 0) is 6.61 Å². The van der Waals surface area contributed by atoms with Crippen molar-refractivity contribution in [1.29, 1.82) is 0 Å². The monoisotopic (exact) mass is 591 g/mol. The number of ether oxygens (including phenoxy) is 3. The molecule has 10 heteroatoms. The number of aliphatic hydroxyl groups is 1. The number of nitrogens with zero attached hydrogens (tertiary/aromatic N) is 3. The van der Waals surface area contributed by atoms with Crippen LogP contribution in [0.1, 0.15) is 55.5 Å². The summed E-state index contributed by atoms with van der Waals surface area (Å²) < 4.78 is 17.6. The summed E-state index contributed by atoms with van der Waals surface area (Å²) in [6.07, 6.45) is 6.50. The number of hydrogen-bond acceptors (Lipinski definition) is 9. The first kappa shape index (κ1) is 30.8. The van der Waals surface area contributed by atoms with Crippen molar-refractivity contribution in [2.24, 2.45) is 5.92 Å². The van der Waals surface area contributed by atoms with Gasteiger partial charge in [-0.1, -0.05) is 0 Å². The van der Waals surface area contributed by atoms with Crippen molar-refractivity contribution in [2.75, 3.05) is 57.9 Å². The van der Waals surface area contributed by atoms with Crippen LogP contribution < -0.4 is 29.9 Å². The molecule has 2 aliphatic heterocycles. The van der Waals surface area contributed by atoms with Gasteiger partial charge in [-0.15, -0.1) is 0 Å². The second-order valence-corrected chi connectivity index (χ2v) is 11.6. The number of methoxy groups -OCH3 is 1. The van der Waals surface area contributed by atoms with Crippen LogP contribution in [0.25, 0.3) is 10.9 Å². The van der Waals surface area contributed by atoms with E-state index in [4.69, 9.17) is 14.2 Å². The quantitative estimate of drug-likeness (QED) is 0.268. The van der Waals surface area contributed by atoms with Crippen molar-refractivity contribution in [3.63, 3.8) is 0 Å². The molecular formula is C33H45N5O5. The maximum Gasteiger partial charge on any atom is 0.265 e. The van der Waals surface area contributed by atoms with Gasteiger partial charge in [0.25, 0.3) is 5.91 Å². The number of pyridine rings is 1. The number of anilines is 1. The molecule has 5 rings (SSSR count). The topological polar surface area (TPSA) is 108 Å². The van der Waals surface area contributed by atoms with Crippen LogP contribution in [-0.4, -0.2) is 80.1 Å². The van der Waals surface area contributed by atoms with E-state index in [1.165, 1.54) is 12.8 Å². The summed E-state index contributed by atoms with van der Waals surface area (Å²) >= 11 is 0. The Labute approximate surface area is 254 Å². The minimum absolute atomic E-state index is 0.0788. The van der Waals surface area contributed by atoms with Crippen LogP contribution in [0.15, 0.2) is 42.6 Å². The third kappa shape index (κ3) is 7.87. The molecule has 43 heavy (non-hydrogen) atoms. The molecular weight excluding hydrogens is 546 g/mol. The Kier molecular flexibility index (Phi) is 10.6. The molecule has 0 spiro atoms. The molecule has 0 bridgehead atoms. The molecule has 0 saturated carbocycles. The predicted octanol–water partition coefficient (Wildman–Crippen LogP) is 4.15. The average molecular weight is 592 g/mol. The van der Waals surface area contributed by atoms with Crippen molar-refractivity contribution in [3.05, 3.63) is 53.7 Å². The lowest BCUT2D eigenvalue weighted by Crippen LogP contribution is -2.53. The fraction of sp³-hybridized carbons (Fsp3) is 0.515. The molecule has 2 aliphatic rings. The first-order chi connectivity index (χ1) is 20.9. The minimum atomic E-state index is -0.150. The first-order valence-corrected chi connectivity index (χ1v) is 15.5. The highest BCUT2D eigenvalue weighted by Crippen LogP contribution is 2.38. The number of benzene rings is 2. The van der Waals surface area contributed by atoms with Crippen LogP contribution in [0.5, 0.6) is 17.2 Å². The highest BCUT2D eigenvalue weighted by molar-refractivity contribution is 5.96. The molecule has 232 valence electrons. The summed E-state index contributed by atoms with van der Waals surface area (Å²) in [5.41, 5.74) is 6.10. The molecule has 3 aromatic rings. The third-order valence-corrected chi connectivity index (χ3v) is 8.13. The molecule has 1 aromatic heterocycles. The highest BCUT2D eigenvalue weighted by Gasteiger charge is 2.24. The maximum atomic E-state index is 12.9. The van der Waals surface area contributed by atoms with E-state index < -0.39 is 0 Å². The van der Waals surface area contributed by atoms with Crippen molar-refractivity contribution in [2.45, 2.75) is 52.2 Å². The van der Waals surface area contributed by atoms with Crippen molar-refractivity contribution in [1.82, 2.24) is 20.7 Å². The number of piperazine rings is 1. The predicted molar refractivity (Wildman–Crippen MR) is 168 cm³/mol. The van der Waals surface area contributed by atoms with Gasteiger partial charge in [0.2, 0.25) is 0 Å². The van der Waals surface area contributed by atoms with Gasteiger partial charge in [-0.3, -0.25) is 15.2 Å². The van der Waals surface area contributed by atoms with Crippen LogP contribution in [0.2, 0.25) is 0 Å². The lowest BCUT2D eigenvalue weighted by Gasteiger charge is -2.37. The normalized spacial score (nSPS) is 17.7. The van der Waals surface area contributed by atoms with Crippen molar-refractivity contribution in [3.8, 4) is 17.2 Å². The number of piperidine rings is 1. The number of carbonyl (C=O) groups excluding carboxylic acids is 1. The highest BCUT2D eigenvalue weighted by atomic mass is 16.5. The molecule has 0 radical (unpaired) electrons. The van der Waals surface area contributed by atoms with Crippen LogP contribution in [0, 0.1) is 5.92 Å². The number of aliphatic hydroxyl groups excluding tert-OH is 1. The van der Waals surface area contributed by atoms with Gasteiger partial charge in [-0.2, -0.15) is 0 Å². The number of nitrogens with one attached hydrogen (secondary N) is 2. The van der Waals surface area contributed by atoms with Gasteiger partial charge >= 0.3 is 0 Å². The molecule has 2 aromatic carbocycles. The molecule has 3 N–H and O–H groups in total. The SMILES string of the molecule is COc1cc2c(N3CCN(NC(=O)c4ccc(OC(C)C)cc4)CC3)c(CO)cnc2cc1OCCCC1CCCNC1. The molecule has 2 fully saturated rings. The van der Waals surface area contributed by atoms with Crippen molar-refractivity contribution < 1.29 is 24.1 Å². The Morgan fingerprint density at radius 1 is 1.14 bits per heavy atom. The zero-order chi connectivity index (χ0) is 30.2. The molecule has 10 nitrogen and oxygen atoms in total. The standard InChI is InChI=1S/C33H45N5O5/c1-23(2)43-27-10-8-25(9-11-27)33(40)36-38-15-13-37(14-16-38)32-26(22-39)21-35-29-19-31(30(41-3)18-28(29)32)42-17-5-7-24-6-4-12-34-20-24/h8-11,18-19,21,23-24,34,39H,4-7,12-17,20,22H2,1-3H3,(H,36,40). The third-order valence-electron chi connectivity index (χ3n) is 8.13. The van der Waals surface area contributed by atoms with Crippen LogP contribution >= 0.6 is 0 Å². The zero-order valence-corrected chi connectivity index (χ0v) is 25.6. The van der Waals surface area contributed by atoms with E-state index in [0.717, 1.165) is 59.8 Å². The number of fused-ring (bicyclic) bond motifs is 1. The zero-order valence-electron chi connectivity index (χ0n) is 25.6. The molecule has 1 atom stereocenters. The number of amides is 1. The van der Waals surface area contributed by atoms with Gasteiger partial charge in [0, 0.05) is 55.0 Å². The van der Waals surface area contributed by atoms with E-state index in [1.807, 2.05) is 43.1 Å². The molecule has 1 unspecified atom stereocenters.